The van der Waals surface area contributed by atoms with E-state index in [0.29, 0.717) is 4.88 Å². The first-order chi connectivity index (χ1) is 4.91. The Balaban J connectivity index is 3.13. The van der Waals surface area contributed by atoms with E-state index >= 15 is 0 Å². The Morgan fingerprint density at radius 2 is 2.09 bits per heavy atom. The molecule has 0 aliphatic carbocycles. The molecule has 62 valence electrons. The minimum Gasteiger partial charge on any atom is -0.238 e. The van der Waals surface area contributed by atoms with Crippen LogP contribution < -0.4 is 0 Å². The lowest BCUT2D eigenvalue weighted by Gasteiger charge is -2.11. The summed E-state index contributed by atoms with van der Waals surface area (Å²) in [6.07, 6.45) is 0. The molecule has 0 amide bonds. The van der Waals surface area contributed by atoms with E-state index in [0.717, 1.165) is 9.61 Å². The Morgan fingerprint density at radius 3 is 2.27 bits per heavy atom. The van der Waals surface area contributed by atoms with Crippen LogP contribution >= 0.6 is 27.3 Å². The zero-order chi connectivity index (χ0) is 8.65. The normalized spacial score (nSPS) is 12.1. The minimum absolute atomic E-state index is 0.698. The van der Waals surface area contributed by atoms with Gasteiger partial charge < -0.3 is 0 Å². The van der Waals surface area contributed by atoms with Gasteiger partial charge in [0.2, 0.25) is 0 Å². The maximum absolute atomic E-state index is 13.3. The van der Waals surface area contributed by atoms with Crippen LogP contribution in [0, 0.1) is 6.92 Å². The summed E-state index contributed by atoms with van der Waals surface area (Å²) in [5.74, 6) is 0. The van der Waals surface area contributed by atoms with Gasteiger partial charge in [0.15, 0.2) is 3.92 Å². The van der Waals surface area contributed by atoms with Gasteiger partial charge in [-0.15, -0.1) is 11.3 Å². The van der Waals surface area contributed by atoms with Gasteiger partial charge in [-0.05, 0) is 36.7 Å². The average Bonchev–Trinajstić information content (AvgIpc) is 2.08. The summed E-state index contributed by atoms with van der Waals surface area (Å²) in [5.41, 5.74) is -0.497. The molecule has 0 fully saturated rings. The van der Waals surface area contributed by atoms with Crippen molar-refractivity contribution < 1.29 is 4.39 Å². The summed E-state index contributed by atoms with van der Waals surface area (Å²) in [6, 6.07) is 0. The predicted octanol–water partition coefficient (Wildman–Crippen LogP) is 3.42. The number of hydrogen-bond acceptors (Lipinski definition) is 2. The number of thiazole rings is 1. The van der Waals surface area contributed by atoms with Crippen LogP contribution in [0.2, 0.25) is 0 Å². The molecule has 0 radical (unpaired) electrons. The lowest BCUT2D eigenvalue weighted by atomic mass is 10.1. The number of halogens is 2. The zero-order valence-corrected chi connectivity index (χ0v) is 9.01. The topological polar surface area (TPSA) is 12.9 Å². The first-order valence-electron chi connectivity index (χ1n) is 3.23. The van der Waals surface area contributed by atoms with Crippen molar-refractivity contribution in [1.82, 2.24) is 4.98 Å². The largest absolute Gasteiger partial charge is 0.238 e. The molecule has 4 heteroatoms. The zero-order valence-electron chi connectivity index (χ0n) is 6.61. The molecule has 0 atom stereocenters. The molecule has 0 bridgehead atoms. The molecule has 0 saturated carbocycles. The molecule has 0 aromatic carbocycles. The molecule has 1 heterocycles. The van der Waals surface area contributed by atoms with Crippen molar-refractivity contribution in [1.29, 1.82) is 0 Å². The molecule has 1 aromatic rings. The van der Waals surface area contributed by atoms with E-state index in [9.17, 15) is 4.39 Å². The van der Waals surface area contributed by atoms with Crippen LogP contribution in [0.25, 0.3) is 0 Å². The highest BCUT2D eigenvalue weighted by Crippen LogP contribution is 2.34. The van der Waals surface area contributed by atoms with Gasteiger partial charge in [0.05, 0.1) is 10.6 Å². The van der Waals surface area contributed by atoms with Crippen LogP contribution in [0.4, 0.5) is 4.39 Å². The lowest BCUT2D eigenvalue weighted by Crippen LogP contribution is -2.07. The van der Waals surface area contributed by atoms with E-state index in [4.69, 9.17) is 0 Å². The fourth-order valence-corrected chi connectivity index (χ4v) is 2.45. The quantitative estimate of drug-likeness (QED) is 0.730. The van der Waals surface area contributed by atoms with E-state index < -0.39 is 5.67 Å². The van der Waals surface area contributed by atoms with Gasteiger partial charge in [-0.2, -0.15) is 0 Å². The second-order valence-corrected chi connectivity index (χ2v) is 5.13. The van der Waals surface area contributed by atoms with Gasteiger partial charge in [-0.25, -0.2) is 9.37 Å². The lowest BCUT2D eigenvalue weighted by molar-refractivity contribution is 0.225. The smallest absolute Gasteiger partial charge is 0.159 e. The Morgan fingerprint density at radius 1 is 1.55 bits per heavy atom. The van der Waals surface area contributed by atoms with Crippen LogP contribution in [0.15, 0.2) is 3.92 Å². The first kappa shape index (κ1) is 9.13. The van der Waals surface area contributed by atoms with Gasteiger partial charge in [-0.1, -0.05) is 0 Å². The molecule has 0 spiro atoms. The Labute approximate surface area is 77.8 Å². The highest BCUT2D eigenvalue weighted by molar-refractivity contribution is 9.11. The van der Waals surface area contributed by atoms with Crippen molar-refractivity contribution in [2.24, 2.45) is 0 Å². The molecule has 1 aromatic heterocycles. The Bertz CT molecular complexity index is 264. The maximum atomic E-state index is 13.3. The van der Waals surface area contributed by atoms with E-state index in [-0.39, 0.29) is 0 Å². The third-order valence-corrected chi connectivity index (χ3v) is 3.22. The highest BCUT2D eigenvalue weighted by atomic mass is 79.9. The van der Waals surface area contributed by atoms with Crippen LogP contribution in [0.5, 0.6) is 0 Å². The summed E-state index contributed by atoms with van der Waals surface area (Å²) >= 11 is 4.57. The molecule has 11 heavy (non-hydrogen) atoms. The van der Waals surface area contributed by atoms with Gasteiger partial charge in [0, 0.05) is 0 Å². The number of rotatable bonds is 1. The second kappa shape index (κ2) is 2.83. The highest BCUT2D eigenvalue weighted by Gasteiger charge is 2.24. The van der Waals surface area contributed by atoms with E-state index in [2.05, 4.69) is 20.9 Å². The van der Waals surface area contributed by atoms with Gasteiger partial charge in [0.1, 0.15) is 5.67 Å². The van der Waals surface area contributed by atoms with Gasteiger partial charge >= 0.3 is 0 Å². The molecule has 0 saturated heterocycles. The van der Waals surface area contributed by atoms with E-state index in [1.54, 1.807) is 13.8 Å². The fourth-order valence-electron chi connectivity index (χ4n) is 0.915. The summed E-state index contributed by atoms with van der Waals surface area (Å²) in [5, 5.41) is 0. The van der Waals surface area contributed by atoms with Crippen molar-refractivity contribution in [3.63, 3.8) is 0 Å². The van der Waals surface area contributed by atoms with Crippen LogP contribution in [-0.4, -0.2) is 4.98 Å². The van der Waals surface area contributed by atoms with Crippen molar-refractivity contribution in [2.75, 3.05) is 0 Å². The Kier molecular flexibility index (Phi) is 2.35. The van der Waals surface area contributed by atoms with E-state index in [1.165, 1.54) is 11.3 Å². The van der Waals surface area contributed by atoms with Crippen LogP contribution in [0.3, 0.4) is 0 Å². The molecular weight excluding hydrogens is 229 g/mol. The molecule has 0 aliphatic heterocycles. The average molecular weight is 238 g/mol. The predicted molar refractivity (Wildman–Crippen MR) is 48.7 cm³/mol. The first-order valence-corrected chi connectivity index (χ1v) is 4.84. The minimum atomic E-state index is -1.27. The number of nitrogens with zero attached hydrogens (tertiary/aromatic N) is 1. The molecule has 0 aliphatic rings. The third-order valence-electron chi connectivity index (χ3n) is 1.31. The molecule has 0 unspecified atom stereocenters. The van der Waals surface area contributed by atoms with Crippen molar-refractivity contribution in [3.8, 4) is 0 Å². The number of aromatic nitrogens is 1. The summed E-state index contributed by atoms with van der Waals surface area (Å²) < 4.78 is 14.1. The summed E-state index contributed by atoms with van der Waals surface area (Å²) in [7, 11) is 0. The molecule has 1 rings (SSSR count). The van der Waals surface area contributed by atoms with E-state index in [1.807, 2.05) is 6.92 Å². The number of hydrogen-bond donors (Lipinski definition) is 0. The van der Waals surface area contributed by atoms with Gasteiger partial charge in [0.25, 0.3) is 0 Å². The van der Waals surface area contributed by atoms with Crippen molar-refractivity contribution in [3.05, 3.63) is 14.5 Å². The van der Waals surface area contributed by atoms with Gasteiger partial charge in [-0.3, -0.25) is 0 Å². The molecule has 0 N–H and O–H groups in total. The second-order valence-electron chi connectivity index (χ2n) is 2.85. The SMILES string of the molecule is Cc1nc(Br)sc1C(C)(C)F. The Hall–Kier alpha value is 0.0400. The van der Waals surface area contributed by atoms with Crippen molar-refractivity contribution >= 4 is 27.3 Å². The third kappa shape index (κ3) is 1.99. The summed E-state index contributed by atoms with van der Waals surface area (Å²) in [6.45, 7) is 4.90. The molecule has 1 nitrogen and oxygen atoms in total. The molecular formula is C7H9BrFNS. The summed E-state index contributed by atoms with van der Waals surface area (Å²) in [4.78, 5) is 4.77. The fraction of sp³-hybridized carbons (Fsp3) is 0.571. The van der Waals surface area contributed by atoms with Crippen LogP contribution in [0.1, 0.15) is 24.4 Å². The monoisotopic (exact) mass is 237 g/mol. The standard InChI is InChI=1S/C7H9BrFNS/c1-4-5(7(2,3)9)11-6(8)10-4/h1-3H3. The maximum Gasteiger partial charge on any atom is 0.159 e. The van der Waals surface area contributed by atoms with Crippen molar-refractivity contribution in [2.45, 2.75) is 26.4 Å². The number of aryl methyl sites for hydroxylation is 1. The number of alkyl halides is 1. The van der Waals surface area contributed by atoms with Crippen LogP contribution in [-0.2, 0) is 5.67 Å².